The van der Waals surface area contributed by atoms with Gasteiger partial charge >= 0.3 is 0 Å². The zero-order chi connectivity index (χ0) is 9.52. The van der Waals surface area contributed by atoms with E-state index in [1.54, 1.807) is 0 Å². The maximum absolute atomic E-state index is 10.3. The van der Waals surface area contributed by atoms with Crippen molar-refractivity contribution in [3.05, 3.63) is 5.82 Å². The highest BCUT2D eigenvalue weighted by atomic mass is 16.1. The highest BCUT2D eigenvalue weighted by molar-refractivity contribution is 5.52. The average molecular weight is 182 g/mol. The zero-order valence-corrected chi connectivity index (χ0v) is 7.73. The summed E-state index contributed by atoms with van der Waals surface area (Å²) >= 11 is 0. The summed E-state index contributed by atoms with van der Waals surface area (Å²) in [5.41, 5.74) is 0. The van der Waals surface area contributed by atoms with Crippen molar-refractivity contribution in [1.29, 1.82) is 0 Å². The molecule has 72 valence electrons. The van der Waals surface area contributed by atoms with Crippen LogP contribution in [0.15, 0.2) is 0 Å². The molecule has 0 spiro atoms. The predicted molar refractivity (Wildman–Crippen MR) is 47.0 cm³/mol. The molecule has 1 atom stereocenters. The van der Waals surface area contributed by atoms with Crippen LogP contribution in [-0.2, 0) is 11.2 Å². The van der Waals surface area contributed by atoms with Gasteiger partial charge in [0.15, 0.2) is 5.82 Å². The molecule has 0 aliphatic carbocycles. The number of aromatic nitrogens is 4. The van der Waals surface area contributed by atoms with Crippen molar-refractivity contribution in [3.8, 4) is 0 Å². The monoisotopic (exact) mass is 182 g/mol. The number of rotatable bonds is 6. The van der Waals surface area contributed by atoms with Gasteiger partial charge in [0.1, 0.15) is 6.29 Å². The number of tetrazole rings is 1. The van der Waals surface area contributed by atoms with Crippen molar-refractivity contribution in [2.45, 2.75) is 32.6 Å². The first-order valence-electron chi connectivity index (χ1n) is 4.50. The second-order valence-electron chi connectivity index (χ2n) is 3.19. The number of carbonyl (C=O) groups excluding carboxylic acids is 1. The molecule has 13 heavy (non-hydrogen) atoms. The van der Waals surface area contributed by atoms with Gasteiger partial charge in [-0.05, 0) is 12.8 Å². The van der Waals surface area contributed by atoms with Crippen molar-refractivity contribution in [2.75, 3.05) is 0 Å². The second-order valence-corrected chi connectivity index (χ2v) is 3.19. The molecule has 0 aliphatic rings. The number of H-pyrrole nitrogens is 1. The average Bonchev–Trinajstić information content (AvgIpc) is 2.64. The minimum Gasteiger partial charge on any atom is -0.303 e. The number of nitrogens with zero attached hydrogens (tertiary/aromatic N) is 3. The number of aryl methyl sites for hydroxylation is 1. The Morgan fingerprint density at radius 1 is 1.54 bits per heavy atom. The SMILES string of the molecule is CC(C=O)CCCCc1nn[nH]n1. The van der Waals surface area contributed by atoms with E-state index in [4.69, 9.17) is 0 Å². The Hall–Kier alpha value is -1.26. The third-order valence-electron chi connectivity index (χ3n) is 1.93. The predicted octanol–water partition coefficient (Wildman–Crippen LogP) is 0.747. The Kier molecular flexibility index (Phi) is 4.08. The van der Waals surface area contributed by atoms with Crippen LogP contribution >= 0.6 is 0 Å². The quantitative estimate of drug-likeness (QED) is 0.520. The molecule has 5 nitrogen and oxygen atoms in total. The summed E-state index contributed by atoms with van der Waals surface area (Å²) in [5.74, 6) is 0.920. The fraction of sp³-hybridized carbons (Fsp3) is 0.750. The summed E-state index contributed by atoms with van der Waals surface area (Å²) in [7, 11) is 0. The van der Waals surface area contributed by atoms with Gasteiger partial charge in [0.25, 0.3) is 0 Å². The molecular formula is C8H14N4O. The van der Waals surface area contributed by atoms with Gasteiger partial charge < -0.3 is 4.79 Å². The van der Waals surface area contributed by atoms with Gasteiger partial charge in [-0.15, -0.1) is 10.2 Å². The minimum atomic E-state index is 0.172. The number of hydrogen-bond donors (Lipinski definition) is 1. The Bertz CT molecular complexity index is 234. The van der Waals surface area contributed by atoms with Crippen LogP contribution in [0.5, 0.6) is 0 Å². The van der Waals surface area contributed by atoms with Crippen LogP contribution < -0.4 is 0 Å². The molecule has 0 saturated carbocycles. The number of nitrogens with one attached hydrogen (secondary N) is 1. The summed E-state index contributed by atoms with van der Waals surface area (Å²) < 4.78 is 0. The largest absolute Gasteiger partial charge is 0.303 e. The maximum atomic E-state index is 10.3. The summed E-state index contributed by atoms with van der Waals surface area (Å²) in [6.45, 7) is 1.93. The Balaban J connectivity index is 2.05. The van der Waals surface area contributed by atoms with Crippen molar-refractivity contribution in [1.82, 2.24) is 20.6 Å². The second kappa shape index (κ2) is 5.40. The molecule has 1 aromatic heterocycles. The molecule has 0 bridgehead atoms. The molecule has 1 rings (SSSR count). The van der Waals surface area contributed by atoms with E-state index in [0.29, 0.717) is 0 Å². The highest BCUT2D eigenvalue weighted by Gasteiger charge is 2.01. The van der Waals surface area contributed by atoms with Gasteiger partial charge in [0.2, 0.25) is 0 Å². The summed E-state index contributed by atoms with van der Waals surface area (Å²) in [4.78, 5) is 10.3. The zero-order valence-electron chi connectivity index (χ0n) is 7.73. The molecule has 5 heteroatoms. The third-order valence-corrected chi connectivity index (χ3v) is 1.93. The van der Waals surface area contributed by atoms with E-state index in [9.17, 15) is 4.79 Å². The number of unbranched alkanes of at least 4 members (excludes halogenated alkanes) is 1. The first-order chi connectivity index (χ1) is 6.33. The van der Waals surface area contributed by atoms with Crippen LogP contribution in [0, 0.1) is 5.92 Å². The fourth-order valence-electron chi connectivity index (χ4n) is 1.11. The summed E-state index contributed by atoms with van der Waals surface area (Å²) in [5, 5.41) is 13.5. The number of carbonyl (C=O) groups is 1. The van der Waals surface area contributed by atoms with Crippen LogP contribution in [0.4, 0.5) is 0 Å². The van der Waals surface area contributed by atoms with Crippen molar-refractivity contribution in [2.24, 2.45) is 5.92 Å². The van der Waals surface area contributed by atoms with Crippen LogP contribution in [0.1, 0.15) is 32.0 Å². The van der Waals surface area contributed by atoms with Crippen molar-refractivity contribution < 1.29 is 4.79 Å². The Labute approximate surface area is 76.9 Å². The van der Waals surface area contributed by atoms with E-state index in [-0.39, 0.29) is 5.92 Å². The number of aldehydes is 1. The lowest BCUT2D eigenvalue weighted by molar-refractivity contribution is -0.110. The van der Waals surface area contributed by atoms with E-state index in [1.807, 2.05) is 6.92 Å². The lowest BCUT2D eigenvalue weighted by Gasteiger charge is -2.00. The third kappa shape index (κ3) is 3.78. The summed E-state index contributed by atoms with van der Waals surface area (Å²) in [6, 6.07) is 0. The molecule has 1 N–H and O–H groups in total. The Morgan fingerprint density at radius 3 is 3.00 bits per heavy atom. The van der Waals surface area contributed by atoms with Crippen molar-refractivity contribution in [3.63, 3.8) is 0 Å². The summed E-state index contributed by atoms with van der Waals surface area (Å²) in [6.07, 6.45) is 4.82. The lowest BCUT2D eigenvalue weighted by atomic mass is 10.0. The molecule has 1 heterocycles. The van der Waals surface area contributed by atoms with Crippen LogP contribution in [0.25, 0.3) is 0 Å². The molecule has 1 unspecified atom stereocenters. The van der Waals surface area contributed by atoms with E-state index in [0.717, 1.165) is 37.8 Å². The van der Waals surface area contributed by atoms with Crippen LogP contribution in [0.3, 0.4) is 0 Å². The van der Waals surface area contributed by atoms with Crippen LogP contribution in [0.2, 0.25) is 0 Å². The smallest absolute Gasteiger partial charge is 0.174 e. The molecule has 0 aromatic carbocycles. The van der Waals surface area contributed by atoms with Gasteiger partial charge in [0.05, 0.1) is 0 Å². The van der Waals surface area contributed by atoms with E-state index in [2.05, 4.69) is 20.6 Å². The molecule has 0 radical (unpaired) electrons. The van der Waals surface area contributed by atoms with E-state index < -0.39 is 0 Å². The maximum Gasteiger partial charge on any atom is 0.174 e. The first kappa shape index (κ1) is 9.83. The molecule has 1 aromatic rings. The normalized spacial score (nSPS) is 12.7. The Morgan fingerprint density at radius 2 is 2.38 bits per heavy atom. The highest BCUT2D eigenvalue weighted by Crippen LogP contribution is 2.06. The standard InChI is InChI=1S/C8H14N4O/c1-7(6-13)4-2-3-5-8-9-11-12-10-8/h6-7H,2-5H2,1H3,(H,9,10,11,12). The van der Waals surface area contributed by atoms with Crippen LogP contribution in [-0.4, -0.2) is 26.9 Å². The van der Waals surface area contributed by atoms with E-state index in [1.165, 1.54) is 0 Å². The van der Waals surface area contributed by atoms with Gasteiger partial charge in [-0.3, -0.25) is 0 Å². The van der Waals surface area contributed by atoms with Gasteiger partial charge in [-0.2, -0.15) is 5.21 Å². The van der Waals surface area contributed by atoms with Gasteiger partial charge in [-0.1, -0.05) is 18.6 Å². The molecule has 0 aliphatic heterocycles. The molecule has 0 saturated heterocycles. The molecule has 0 fully saturated rings. The minimum absolute atomic E-state index is 0.172. The number of aromatic amines is 1. The van der Waals surface area contributed by atoms with Gasteiger partial charge in [-0.25, -0.2) is 0 Å². The van der Waals surface area contributed by atoms with Crippen molar-refractivity contribution >= 4 is 6.29 Å². The van der Waals surface area contributed by atoms with Gasteiger partial charge in [0, 0.05) is 12.3 Å². The number of hydrogen-bond acceptors (Lipinski definition) is 4. The van der Waals surface area contributed by atoms with E-state index >= 15 is 0 Å². The molecule has 0 amide bonds. The lowest BCUT2D eigenvalue weighted by Crippen LogP contribution is -1.96. The molecular weight excluding hydrogens is 168 g/mol. The topological polar surface area (TPSA) is 71.5 Å². The fourth-order valence-corrected chi connectivity index (χ4v) is 1.11. The first-order valence-corrected chi connectivity index (χ1v) is 4.50.